The number of carbonyl (C=O) groups is 1. The van der Waals surface area contributed by atoms with Crippen molar-refractivity contribution in [2.24, 2.45) is 23.2 Å². The minimum absolute atomic E-state index is 0.0114. The molecule has 0 radical (unpaired) electrons. The predicted octanol–water partition coefficient (Wildman–Crippen LogP) is 4.97. The van der Waals surface area contributed by atoms with E-state index in [1.165, 1.54) is 44.1 Å². The van der Waals surface area contributed by atoms with Gasteiger partial charge < -0.3 is 9.64 Å². The Bertz CT molecular complexity index is 664. The number of rotatable bonds is 3. The fourth-order valence-corrected chi connectivity index (χ4v) is 7.42. The van der Waals surface area contributed by atoms with Crippen molar-refractivity contribution in [1.82, 2.24) is 4.90 Å². The fraction of sp³-hybridized carbons (Fsp3) is 0.708. The molecule has 1 amide bonds. The lowest BCUT2D eigenvalue weighted by molar-refractivity contribution is -0.160. The maximum absolute atomic E-state index is 13.6. The van der Waals surface area contributed by atoms with Gasteiger partial charge in [-0.05, 0) is 81.1 Å². The van der Waals surface area contributed by atoms with Gasteiger partial charge in [0.15, 0.2) is 0 Å². The summed E-state index contributed by atoms with van der Waals surface area (Å²) >= 11 is 0. The van der Waals surface area contributed by atoms with Gasteiger partial charge in [0, 0.05) is 6.42 Å². The number of benzene rings is 1. The molecule has 1 heterocycles. The van der Waals surface area contributed by atoms with Crippen molar-refractivity contribution in [2.75, 3.05) is 6.61 Å². The maximum atomic E-state index is 13.6. The third kappa shape index (κ3) is 3.12. The zero-order valence-electron chi connectivity index (χ0n) is 16.8. The van der Waals surface area contributed by atoms with Gasteiger partial charge in [-0.3, -0.25) is 4.79 Å². The van der Waals surface area contributed by atoms with Crippen LogP contribution in [0, 0.1) is 23.2 Å². The van der Waals surface area contributed by atoms with E-state index in [1.807, 2.05) is 6.07 Å². The highest BCUT2D eigenvalue weighted by Crippen LogP contribution is 2.61. The molecule has 0 aromatic heterocycles. The van der Waals surface area contributed by atoms with Gasteiger partial charge in [0.05, 0.1) is 18.7 Å². The standard InChI is InChI=1S/C24H33NO2/c1-16-15-27-23(21-6-4-3-5-7-21)17(2)25(16)22(26)14-24-11-18-8-19(12-24)10-20(9-18)13-24/h3-7,16-20,23H,8-15H2,1-2H3. The van der Waals surface area contributed by atoms with Crippen LogP contribution in [0.15, 0.2) is 30.3 Å². The highest BCUT2D eigenvalue weighted by Gasteiger charge is 2.52. The molecule has 4 aliphatic carbocycles. The van der Waals surface area contributed by atoms with E-state index in [0.717, 1.165) is 24.2 Å². The van der Waals surface area contributed by atoms with Crippen LogP contribution in [0.4, 0.5) is 0 Å². The molecule has 6 rings (SSSR count). The van der Waals surface area contributed by atoms with Gasteiger partial charge in [0.25, 0.3) is 0 Å². The SMILES string of the molecule is CC1COC(c2ccccc2)C(C)N1C(=O)CC12CC3CC(CC(C3)C1)C2. The lowest BCUT2D eigenvalue weighted by Gasteiger charge is -2.57. The minimum atomic E-state index is -0.0114. The first-order chi connectivity index (χ1) is 13.0. The van der Waals surface area contributed by atoms with Crippen molar-refractivity contribution in [3.63, 3.8) is 0 Å². The summed E-state index contributed by atoms with van der Waals surface area (Å²) < 4.78 is 6.17. The van der Waals surface area contributed by atoms with Crippen LogP contribution in [0.1, 0.15) is 70.5 Å². The predicted molar refractivity (Wildman–Crippen MR) is 106 cm³/mol. The van der Waals surface area contributed by atoms with Gasteiger partial charge in [0.1, 0.15) is 6.10 Å². The molecule has 3 atom stereocenters. The van der Waals surface area contributed by atoms with Crippen molar-refractivity contribution in [3.8, 4) is 0 Å². The van der Waals surface area contributed by atoms with Crippen molar-refractivity contribution in [3.05, 3.63) is 35.9 Å². The second-order valence-corrected chi connectivity index (χ2v) is 10.1. The molecular formula is C24H33NO2. The summed E-state index contributed by atoms with van der Waals surface area (Å²) in [7, 11) is 0. The van der Waals surface area contributed by atoms with E-state index in [0.29, 0.717) is 17.9 Å². The zero-order chi connectivity index (χ0) is 18.6. The molecule has 0 spiro atoms. The van der Waals surface area contributed by atoms with Crippen LogP contribution in [-0.2, 0) is 9.53 Å². The van der Waals surface area contributed by atoms with Crippen LogP contribution in [0.5, 0.6) is 0 Å². The number of hydrogen-bond acceptors (Lipinski definition) is 2. The van der Waals surface area contributed by atoms with Crippen LogP contribution >= 0.6 is 0 Å². The second kappa shape index (κ2) is 6.62. The molecule has 146 valence electrons. The zero-order valence-corrected chi connectivity index (χ0v) is 16.8. The van der Waals surface area contributed by atoms with Gasteiger partial charge in [-0.1, -0.05) is 30.3 Å². The number of ether oxygens (including phenoxy) is 1. The van der Waals surface area contributed by atoms with Crippen molar-refractivity contribution >= 4 is 5.91 Å². The van der Waals surface area contributed by atoms with Gasteiger partial charge in [-0.15, -0.1) is 0 Å². The van der Waals surface area contributed by atoms with Gasteiger partial charge in [-0.2, -0.15) is 0 Å². The summed E-state index contributed by atoms with van der Waals surface area (Å²) in [6.07, 6.45) is 8.99. The second-order valence-electron chi connectivity index (χ2n) is 10.1. The Morgan fingerprint density at radius 3 is 2.22 bits per heavy atom. The van der Waals surface area contributed by atoms with Gasteiger partial charge >= 0.3 is 0 Å². The quantitative estimate of drug-likeness (QED) is 0.755. The Labute approximate surface area is 163 Å². The fourth-order valence-electron chi connectivity index (χ4n) is 7.42. The first kappa shape index (κ1) is 17.7. The Kier molecular flexibility index (Phi) is 4.34. The molecule has 3 nitrogen and oxygen atoms in total. The summed E-state index contributed by atoms with van der Waals surface area (Å²) in [4.78, 5) is 15.7. The van der Waals surface area contributed by atoms with E-state index in [9.17, 15) is 4.79 Å². The summed E-state index contributed by atoms with van der Waals surface area (Å²) in [6, 6.07) is 10.7. The molecule has 27 heavy (non-hydrogen) atoms. The van der Waals surface area contributed by atoms with Gasteiger partial charge in [0.2, 0.25) is 5.91 Å². The maximum Gasteiger partial charge on any atom is 0.223 e. The lowest BCUT2D eigenvalue weighted by Crippen LogP contribution is -2.56. The lowest BCUT2D eigenvalue weighted by atomic mass is 9.49. The Balaban J connectivity index is 1.34. The number of nitrogens with zero attached hydrogens (tertiary/aromatic N) is 1. The van der Waals surface area contributed by atoms with E-state index in [4.69, 9.17) is 4.74 Å². The van der Waals surface area contributed by atoms with Crippen molar-refractivity contribution < 1.29 is 9.53 Å². The number of morpholine rings is 1. The average molecular weight is 368 g/mol. The molecule has 4 saturated carbocycles. The van der Waals surface area contributed by atoms with E-state index >= 15 is 0 Å². The highest BCUT2D eigenvalue weighted by atomic mass is 16.5. The highest BCUT2D eigenvalue weighted by molar-refractivity contribution is 5.78. The molecule has 3 heteroatoms. The average Bonchev–Trinajstić information content (AvgIpc) is 2.61. The van der Waals surface area contributed by atoms with E-state index < -0.39 is 0 Å². The summed E-state index contributed by atoms with van der Waals surface area (Å²) in [5.41, 5.74) is 1.50. The monoisotopic (exact) mass is 367 g/mol. The Morgan fingerprint density at radius 2 is 1.63 bits per heavy atom. The molecule has 4 bridgehead atoms. The third-order valence-electron chi connectivity index (χ3n) is 7.98. The number of amides is 1. The largest absolute Gasteiger partial charge is 0.369 e. The van der Waals surface area contributed by atoms with Crippen molar-refractivity contribution in [2.45, 2.75) is 77.0 Å². The smallest absolute Gasteiger partial charge is 0.223 e. The molecular weight excluding hydrogens is 334 g/mol. The van der Waals surface area contributed by atoms with Crippen molar-refractivity contribution in [1.29, 1.82) is 0 Å². The van der Waals surface area contributed by atoms with Crippen LogP contribution in [0.3, 0.4) is 0 Å². The molecule has 5 fully saturated rings. The molecule has 1 aliphatic heterocycles. The number of hydrogen-bond donors (Lipinski definition) is 0. The normalized spacial score (nSPS) is 43.1. The molecule has 1 aromatic rings. The van der Waals surface area contributed by atoms with E-state index in [2.05, 4.69) is 43.0 Å². The molecule has 3 unspecified atom stereocenters. The molecule has 5 aliphatic rings. The van der Waals surface area contributed by atoms with Crippen LogP contribution in [0.25, 0.3) is 0 Å². The Hall–Kier alpha value is -1.35. The Morgan fingerprint density at radius 1 is 1.04 bits per heavy atom. The molecule has 1 aromatic carbocycles. The summed E-state index contributed by atoms with van der Waals surface area (Å²) in [5.74, 6) is 3.09. The first-order valence-corrected chi connectivity index (χ1v) is 11.0. The van der Waals surface area contributed by atoms with Crippen LogP contribution < -0.4 is 0 Å². The first-order valence-electron chi connectivity index (χ1n) is 11.0. The van der Waals surface area contributed by atoms with Crippen LogP contribution in [-0.4, -0.2) is 29.5 Å². The molecule has 0 N–H and O–H groups in total. The third-order valence-corrected chi connectivity index (χ3v) is 7.98. The van der Waals surface area contributed by atoms with E-state index in [-0.39, 0.29) is 18.2 Å². The summed E-state index contributed by atoms with van der Waals surface area (Å²) in [5, 5.41) is 0. The summed E-state index contributed by atoms with van der Waals surface area (Å²) in [6.45, 7) is 4.96. The van der Waals surface area contributed by atoms with Gasteiger partial charge in [-0.25, -0.2) is 0 Å². The van der Waals surface area contributed by atoms with E-state index in [1.54, 1.807) is 0 Å². The van der Waals surface area contributed by atoms with Crippen LogP contribution in [0.2, 0.25) is 0 Å². The number of carbonyl (C=O) groups excluding carboxylic acids is 1. The topological polar surface area (TPSA) is 29.5 Å². The minimum Gasteiger partial charge on any atom is -0.369 e. The molecule has 1 saturated heterocycles.